The first-order valence-electron chi connectivity index (χ1n) is 4.77. The van der Waals surface area contributed by atoms with Gasteiger partial charge in [-0.1, -0.05) is 0 Å². The van der Waals surface area contributed by atoms with Crippen molar-refractivity contribution in [3.05, 3.63) is 0 Å². The van der Waals surface area contributed by atoms with Gasteiger partial charge in [0.2, 0.25) is 0 Å². The van der Waals surface area contributed by atoms with Crippen LogP contribution in [0.25, 0.3) is 0 Å². The minimum atomic E-state index is -0.223. The molecule has 1 fully saturated rings. The van der Waals surface area contributed by atoms with Crippen LogP contribution in [0.1, 0.15) is 6.92 Å². The summed E-state index contributed by atoms with van der Waals surface area (Å²) in [4.78, 5) is 10.5. The summed E-state index contributed by atoms with van der Waals surface area (Å²) in [5, 5.41) is 2.20. The zero-order chi connectivity index (χ0) is 11.1. The summed E-state index contributed by atoms with van der Waals surface area (Å²) in [6.07, 6.45) is 0. The van der Waals surface area contributed by atoms with E-state index >= 15 is 0 Å². The average molecular weight is 284 g/mol. The van der Waals surface area contributed by atoms with Crippen molar-refractivity contribution in [3.63, 3.8) is 0 Å². The van der Waals surface area contributed by atoms with Crippen LogP contribution in [0.3, 0.4) is 0 Å². The van der Waals surface area contributed by atoms with E-state index in [1.165, 1.54) is 18.4 Å². The summed E-state index contributed by atoms with van der Waals surface area (Å²) >= 11 is 10.2. The van der Waals surface area contributed by atoms with Crippen LogP contribution >= 0.6 is 47.9 Å². The van der Waals surface area contributed by atoms with Crippen LogP contribution in [0.5, 0.6) is 0 Å². The minimum absolute atomic E-state index is 0.162. The Hall–Kier alpha value is 0.870. The number of hydrogen-bond donors (Lipinski definition) is 1. The lowest BCUT2D eigenvalue weighted by Crippen LogP contribution is -2.14. The van der Waals surface area contributed by atoms with Gasteiger partial charge in [0.05, 0.1) is 0 Å². The van der Waals surface area contributed by atoms with Crippen LogP contribution < -0.4 is 0 Å². The maximum absolute atomic E-state index is 10.5. The zero-order valence-electron chi connectivity index (χ0n) is 8.68. The standard InChI is InChI=1S/C9H16O2S4/c1-7(10)11-2-8(12)3-13-6-14-4-9-5-15-9/h8-9,12H,2-6H2,1H3. The molecule has 0 radical (unpaired) electrons. The molecule has 0 saturated carbocycles. The van der Waals surface area contributed by atoms with E-state index in [1.807, 2.05) is 35.3 Å². The van der Waals surface area contributed by atoms with Crippen molar-refractivity contribution in [2.24, 2.45) is 0 Å². The van der Waals surface area contributed by atoms with E-state index < -0.39 is 0 Å². The van der Waals surface area contributed by atoms with E-state index in [1.54, 1.807) is 0 Å². The minimum Gasteiger partial charge on any atom is -0.465 e. The van der Waals surface area contributed by atoms with Gasteiger partial charge in [0.25, 0.3) is 0 Å². The molecular weight excluding hydrogens is 268 g/mol. The number of carbonyl (C=O) groups is 1. The lowest BCUT2D eigenvalue weighted by molar-refractivity contribution is -0.140. The predicted octanol–water partition coefficient (Wildman–Crippen LogP) is 2.39. The van der Waals surface area contributed by atoms with Crippen molar-refractivity contribution >= 4 is 53.9 Å². The summed E-state index contributed by atoms with van der Waals surface area (Å²) in [7, 11) is 0. The fourth-order valence-electron chi connectivity index (χ4n) is 0.849. The Morgan fingerprint density at radius 3 is 3.00 bits per heavy atom. The highest BCUT2D eigenvalue weighted by Gasteiger charge is 2.21. The molecule has 6 heteroatoms. The lowest BCUT2D eigenvalue weighted by Gasteiger charge is -2.09. The highest BCUT2D eigenvalue weighted by Crippen LogP contribution is 2.33. The Bertz CT molecular complexity index is 197. The molecular formula is C9H16O2S4. The number of rotatable bonds is 8. The van der Waals surface area contributed by atoms with Gasteiger partial charge in [-0.15, -0.1) is 23.5 Å². The molecule has 2 atom stereocenters. The van der Waals surface area contributed by atoms with Crippen LogP contribution in [-0.4, -0.2) is 45.4 Å². The second kappa shape index (κ2) is 8.03. The lowest BCUT2D eigenvalue weighted by atomic mass is 10.5. The van der Waals surface area contributed by atoms with Gasteiger partial charge in [-0.3, -0.25) is 4.79 Å². The Morgan fingerprint density at radius 1 is 1.67 bits per heavy atom. The van der Waals surface area contributed by atoms with Gasteiger partial charge in [0.1, 0.15) is 6.61 Å². The quantitative estimate of drug-likeness (QED) is 0.243. The van der Waals surface area contributed by atoms with Gasteiger partial charge in [-0.25, -0.2) is 0 Å². The third kappa shape index (κ3) is 8.65. The highest BCUT2D eigenvalue weighted by atomic mass is 32.2. The van der Waals surface area contributed by atoms with Gasteiger partial charge < -0.3 is 4.74 Å². The number of ether oxygens (including phenoxy) is 1. The maximum Gasteiger partial charge on any atom is 0.302 e. The van der Waals surface area contributed by atoms with E-state index in [0.717, 1.165) is 16.1 Å². The molecule has 0 bridgehead atoms. The second-order valence-corrected chi connectivity index (χ2v) is 7.76. The second-order valence-electron chi connectivity index (χ2n) is 3.27. The van der Waals surface area contributed by atoms with E-state index in [2.05, 4.69) is 12.6 Å². The molecule has 1 saturated heterocycles. The van der Waals surface area contributed by atoms with Crippen molar-refractivity contribution in [1.82, 2.24) is 0 Å². The molecule has 2 nitrogen and oxygen atoms in total. The van der Waals surface area contributed by atoms with Crippen molar-refractivity contribution < 1.29 is 9.53 Å². The van der Waals surface area contributed by atoms with Gasteiger partial charge in [0.15, 0.2) is 0 Å². The summed E-state index contributed by atoms with van der Waals surface area (Å²) < 4.78 is 4.87. The first kappa shape index (κ1) is 13.9. The summed E-state index contributed by atoms with van der Waals surface area (Å²) in [5.74, 6) is 3.35. The van der Waals surface area contributed by atoms with Crippen molar-refractivity contribution in [3.8, 4) is 0 Å². The normalized spacial score (nSPS) is 21.1. The first-order chi connectivity index (χ1) is 7.18. The van der Waals surface area contributed by atoms with Gasteiger partial charge in [-0.2, -0.15) is 24.4 Å². The summed E-state index contributed by atoms with van der Waals surface area (Å²) in [6, 6.07) is 0. The molecule has 15 heavy (non-hydrogen) atoms. The molecule has 0 aromatic heterocycles. The Kier molecular flexibility index (Phi) is 7.46. The average Bonchev–Trinajstić information content (AvgIpc) is 2.98. The number of hydrogen-bond acceptors (Lipinski definition) is 6. The van der Waals surface area contributed by atoms with Crippen LogP contribution in [0, 0.1) is 0 Å². The molecule has 0 N–H and O–H groups in total. The molecule has 0 amide bonds. The molecule has 0 aliphatic carbocycles. The number of thioether (sulfide) groups is 3. The Labute approximate surface area is 109 Å². The molecule has 0 aromatic rings. The van der Waals surface area contributed by atoms with Gasteiger partial charge >= 0.3 is 5.97 Å². The monoisotopic (exact) mass is 284 g/mol. The molecule has 1 heterocycles. The summed E-state index contributed by atoms with van der Waals surface area (Å²) in [5.41, 5.74) is 0. The Balaban J connectivity index is 1.82. The predicted molar refractivity (Wildman–Crippen MR) is 75.4 cm³/mol. The van der Waals surface area contributed by atoms with Crippen molar-refractivity contribution in [2.45, 2.75) is 17.4 Å². The van der Waals surface area contributed by atoms with Crippen LogP contribution in [0.15, 0.2) is 0 Å². The fraction of sp³-hybridized carbons (Fsp3) is 0.889. The molecule has 1 aliphatic rings. The third-order valence-corrected chi connectivity index (χ3v) is 6.03. The molecule has 1 rings (SSSR count). The van der Waals surface area contributed by atoms with E-state index in [4.69, 9.17) is 4.74 Å². The molecule has 0 aromatic carbocycles. The van der Waals surface area contributed by atoms with E-state index in [9.17, 15) is 4.79 Å². The maximum atomic E-state index is 10.5. The topological polar surface area (TPSA) is 26.3 Å². The number of esters is 1. The largest absolute Gasteiger partial charge is 0.465 e. The smallest absolute Gasteiger partial charge is 0.302 e. The van der Waals surface area contributed by atoms with Gasteiger partial charge in [-0.05, 0) is 0 Å². The third-order valence-electron chi connectivity index (χ3n) is 1.66. The molecule has 88 valence electrons. The van der Waals surface area contributed by atoms with E-state index in [0.29, 0.717) is 6.61 Å². The van der Waals surface area contributed by atoms with Crippen LogP contribution in [0.4, 0.5) is 0 Å². The molecule has 1 aliphatic heterocycles. The van der Waals surface area contributed by atoms with Crippen LogP contribution in [-0.2, 0) is 9.53 Å². The SMILES string of the molecule is CC(=O)OCC(S)CSCSCC1CS1. The van der Waals surface area contributed by atoms with Gasteiger partial charge in [0, 0.05) is 39.8 Å². The zero-order valence-corrected chi connectivity index (χ0v) is 12.0. The first-order valence-corrected chi connectivity index (χ1v) is 8.64. The molecule has 0 spiro atoms. The summed E-state index contributed by atoms with van der Waals surface area (Å²) in [6.45, 7) is 1.85. The van der Waals surface area contributed by atoms with Crippen molar-refractivity contribution in [2.75, 3.05) is 29.0 Å². The Morgan fingerprint density at radius 2 is 2.40 bits per heavy atom. The van der Waals surface area contributed by atoms with Crippen molar-refractivity contribution in [1.29, 1.82) is 0 Å². The highest BCUT2D eigenvalue weighted by molar-refractivity contribution is 8.17. The van der Waals surface area contributed by atoms with E-state index in [-0.39, 0.29) is 11.2 Å². The fourth-order valence-corrected chi connectivity index (χ4v) is 4.31. The van der Waals surface area contributed by atoms with Crippen LogP contribution in [0.2, 0.25) is 0 Å². The molecule has 2 unspecified atom stereocenters. The number of carbonyl (C=O) groups excluding carboxylic acids is 1. The number of thiol groups is 1.